The van der Waals surface area contributed by atoms with Crippen LogP contribution in [0, 0.1) is 28.7 Å². The molecule has 0 aliphatic heterocycles. The number of hydrogen-bond acceptors (Lipinski definition) is 0. The second-order valence-corrected chi connectivity index (χ2v) is 14.8. The van der Waals surface area contributed by atoms with E-state index >= 15 is 0 Å². The van der Waals surface area contributed by atoms with Crippen LogP contribution in [0.1, 0.15) is 106 Å². The summed E-state index contributed by atoms with van der Waals surface area (Å²) in [6, 6.07) is 38.9. The van der Waals surface area contributed by atoms with E-state index in [-0.39, 0.29) is 45.1 Å². The van der Waals surface area contributed by atoms with E-state index in [9.17, 15) is 0 Å². The van der Waals surface area contributed by atoms with Gasteiger partial charge in [-0.1, -0.05) is 140 Å². The van der Waals surface area contributed by atoms with Crippen molar-refractivity contribution < 1.29 is 23.3 Å². The molecule has 6 aromatic carbocycles. The number of halogens is 2. The van der Waals surface area contributed by atoms with Crippen LogP contribution < -0.4 is 0 Å². The summed E-state index contributed by atoms with van der Waals surface area (Å²) in [6.45, 7) is 18.7. The zero-order valence-corrected chi connectivity index (χ0v) is 37.4. The molecule has 1 aliphatic rings. The van der Waals surface area contributed by atoms with E-state index in [0.29, 0.717) is 5.92 Å². The van der Waals surface area contributed by atoms with Gasteiger partial charge in [-0.3, -0.25) is 0 Å². The fourth-order valence-corrected chi connectivity index (χ4v) is 7.20. The van der Waals surface area contributed by atoms with E-state index in [2.05, 4.69) is 158 Å². The van der Waals surface area contributed by atoms with E-state index in [1.165, 1.54) is 127 Å². The molecule has 0 nitrogen and oxygen atoms in total. The molecule has 1 saturated carbocycles. The second kappa shape index (κ2) is 20.9. The van der Waals surface area contributed by atoms with Gasteiger partial charge in [0.25, 0.3) is 0 Å². The first-order valence-corrected chi connectivity index (χ1v) is 21.6. The molecule has 2 radical (unpaired) electrons. The van der Waals surface area contributed by atoms with E-state index in [4.69, 9.17) is 0 Å². The minimum absolute atomic E-state index is 0. The zero-order valence-electron chi connectivity index (χ0n) is 32.3. The van der Waals surface area contributed by atoms with Crippen molar-refractivity contribution in [3.05, 3.63) is 146 Å². The van der Waals surface area contributed by atoms with Crippen molar-refractivity contribution in [2.24, 2.45) is 0 Å². The Morgan fingerprint density at radius 1 is 0.686 bits per heavy atom. The van der Waals surface area contributed by atoms with Crippen molar-refractivity contribution >= 4 is 53.2 Å². The molecule has 0 N–H and O–H groups in total. The van der Waals surface area contributed by atoms with E-state index in [0.717, 1.165) is 5.92 Å². The van der Waals surface area contributed by atoms with Crippen LogP contribution in [0.5, 0.6) is 0 Å². The summed E-state index contributed by atoms with van der Waals surface area (Å²) in [5, 5.41) is 5.51. The minimum atomic E-state index is 0. The fraction of sp³-hybridized carbons (Fsp3) is 0.319. The molecule has 0 saturated heterocycles. The van der Waals surface area contributed by atoms with Gasteiger partial charge in [-0.05, 0) is 52.3 Å². The predicted octanol–water partition coefficient (Wildman–Crippen LogP) is 14.9. The number of fused-ring (bicyclic) bond motifs is 2. The third-order valence-corrected chi connectivity index (χ3v) is 10.0. The average Bonchev–Trinajstić information content (AvgIpc) is 3.71. The number of benzene rings is 4. The molecule has 0 spiro atoms. The molecule has 6 aromatic rings. The first kappa shape index (κ1) is 46.8. The average molecular weight is 813 g/mol. The summed E-state index contributed by atoms with van der Waals surface area (Å²) in [6.07, 6.45) is 6.97. The Labute approximate surface area is 340 Å². The van der Waals surface area contributed by atoms with Crippen LogP contribution >= 0.6 is 24.8 Å². The van der Waals surface area contributed by atoms with Crippen molar-refractivity contribution in [3.8, 4) is 22.3 Å². The van der Waals surface area contributed by atoms with Gasteiger partial charge in [-0.2, -0.15) is 12.1 Å². The molecular formula is C47H58Cl2SiZr-4. The first-order valence-electron chi connectivity index (χ1n) is 17.4. The molecule has 0 heterocycles. The Morgan fingerprint density at radius 3 is 1.82 bits per heavy atom. The van der Waals surface area contributed by atoms with Crippen LogP contribution in [0.3, 0.4) is 0 Å². The summed E-state index contributed by atoms with van der Waals surface area (Å²) in [4.78, 5) is 0. The van der Waals surface area contributed by atoms with Crippen LogP contribution in [-0.4, -0.2) is 6.88 Å². The van der Waals surface area contributed by atoms with Crippen molar-refractivity contribution in [1.29, 1.82) is 0 Å². The van der Waals surface area contributed by atoms with Gasteiger partial charge in [-0.15, -0.1) is 93.4 Å². The second-order valence-electron chi connectivity index (χ2n) is 14.8. The number of aryl methyl sites for hydroxylation is 2. The third-order valence-electron chi connectivity index (χ3n) is 10.0. The van der Waals surface area contributed by atoms with Crippen LogP contribution in [-0.2, 0) is 28.8 Å². The summed E-state index contributed by atoms with van der Waals surface area (Å²) >= 11 is 1.36. The summed E-state index contributed by atoms with van der Waals surface area (Å²) in [5.41, 5.74) is 12.6. The Morgan fingerprint density at radius 2 is 1.25 bits per heavy atom. The standard InChI is InChI=1S/C23H25.C22H25.2CH3.2ClH.Si.Zr/c1-16-14-22-17(2)8-13-21(23(22)15-16)20-11-9-19(10-12-20)18-6-4-3-5-7-18;1-15(2)18-13-17-7-6-8-20(21(17)14-18)16-9-11-19(12-10-16)22(3,4)5;;;;;;/h8-15,18H,3-7H2,1-2H3;6-15H,1-5H3;2*1H3;2*1H;;/q4*-1;;;;. The van der Waals surface area contributed by atoms with Gasteiger partial charge >= 0.3 is 30.2 Å². The Balaban J connectivity index is 0.000000453. The number of hydrogen-bond donors (Lipinski definition) is 0. The van der Waals surface area contributed by atoms with Gasteiger partial charge in [-0.25, -0.2) is 0 Å². The van der Waals surface area contributed by atoms with Gasteiger partial charge in [0, 0.05) is 0 Å². The predicted molar refractivity (Wildman–Crippen MR) is 231 cm³/mol. The molecular weight excluding hydrogens is 755 g/mol. The zero-order chi connectivity index (χ0) is 33.7. The monoisotopic (exact) mass is 810 g/mol. The molecule has 0 aromatic heterocycles. The molecule has 1 aliphatic carbocycles. The maximum absolute atomic E-state index is 3.06. The van der Waals surface area contributed by atoms with Gasteiger partial charge < -0.3 is 14.9 Å². The topological polar surface area (TPSA) is 0 Å². The van der Waals surface area contributed by atoms with Crippen LogP contribution in [0.25, 0.3) is 43.8 Å². The summed E-state index contributed by atoms with van der Waals surface area (Å²) < 4.78 is 0. The molecule has 51 heavy (non-hydrogen) atoms. The number of rotatable bonds is 4. The van der Waals surface area contributed by atoms with Gasteiger partial charge in [0.1, 0.15) is 0 Å². The normalized spacial score (nSPS) is 12.6. The van der Waals surface area contributed by atoms with Crippen molar-refractivity contribution in [2.45, 2.75) is 97.8 Å². The van der Waals surface area contributed by atoms with Crippen molar-refractivity contribution in [3.63, 3.8) is 0 Å². The van der Waals surface area contributed by atoms with Gasteiger partial charge in [0.15, 0.2) is 0 Å². The molecule has 0 unspecified atom stereocenters. The van der Waals surface area contributed by atoms with E-state index in [1.54, 1.807) is 0 Å². The fourth-order valence-electron chi connectivity index (χ4n) is 7.20. The van der Waals surface area contributed by atoms with Crippen molar-refractivity contribution in [1.82, 2.24) is 0 Å². The molecule has 4 heteroatoms. The summed E-state index contributed by atoms with van der Waals surface area (Å²) in [5.74, 6) is 1.36. The molecule has 1 fully saturated rings. The molecule has 0 bridgehead atoms. The van der Waals surface area contributed by atoms with Crippen LogP contribution in [0.2, 0.25) is 0 Å². The van der Waals surface area contributed by atoms with E-state index < -0.39 is 0 Å². The molecule has 0 amide bonds. The van der Waals surface area contributed by atoms with Gasteiger partial charge in [0.2, 0.25) is 0 Å². The first-order chi connectivity index (χ1) is 22.6. The molecule has 7 rings (SSSR count). The molecule has 272 valence electrons. The van der Waals surface area contributed by atoms with Crippen LogP contribution in [0.4, 0.5) is 0 Å². The quantitative estimate of drug-likeness (QED) is 0.123. The van der Waals surface area contributed by atoms with Crippen LogP contribution in [0.15, 0.2) is 103 Å². The Hall–Kier alpha value is -2.22. The Kier molecular flexibility index (Phi) is 19.2. The Bertz CT molecular complexity index is 1910. The maximum atomic E-state index is 3.06. The van der Waals surface area contributed by atoms with E-state index in [1.807, 2.05) is 0 Å². The van der Waals surface area contributed by atoms with Crippen molar-refractivity contribution in [2.75, 3.05) is 0 Å². The molecule has 0 atom stereocenters. The summed E-state index contributed by atoms with van der Waals surface area (Å²) in [7, 11) is 0. The van der Waals surface area contributed by atoms with Gasteiger partial charge in [0.05, 0.1) is 0 Å². The third kappa shape index (κ3) is 11.1. The SMILES string of the molecule is CC(C)c1cc2c(-c3ccc(C(C)(C)C)cc3)cccc2[cH-]1.Cc1cc2c(-c3ccc(C4CCCCC4)cc3)ccc(C)c2[cH-]1.Cl.Cl.[CH3-].[CH3-].[Si]=[Zr].